The fourth-order valence-corrected chi connectivity index (χ4v) is 3.10. The Morgan fingerprint density at radius 3 is 2.67 bits per heavy atom. The predicted octanol–water partition coefficient (Wildman–Crippen LogP) is 3.57. The van der Waals surface area contributed by atoms with E-state index in [1.54, 1.807) is 43.5 Å². The molecule has 27 heavy (non-hydrogen) atoms. The molecule has 0 atom stereocenters. The number of aromatic nitrogens is 1. The molecule has 1 aromatic carbocycles. The van der Waals surface area contributed by atoms with Gasteiger partial charge in [-0.3, -0.25) is 4.99 Å². The zero-order chi connectivity index (χ0) is 19.6. The van der Waals surface area contributed by atoms with Gasteiger partial charge in [0.1, 0.15) is 0 Å². The SMILES string of the molecule is CCOc1cccc(CNC(=NC)NCc2csc(CC)n2)c1OC(F)F. The summed E-state index contributed by atoms with van der Waals surface area (Å²) in [6.07, 6.45) is 0.903. The summed E-state index contributed by atoms with van der Waals surface area (Å²) in [6, 6.07) is 5.04. The topological polar surface area (TPSA) is 67.8 Å². The first-order valence-electron chi connectivity index (χ1n) is 8.64. The lowest BCUT2D eigenvalue weighted by Crippen LogP contribution is -2.36. The molecule has 2 aromatic rings. The first kappa shape index (κ1) is 20.9. The van der Waals surface area contributed by atoms with Crippen molar-refractivity contribution in [1.29, 1.82) is 0 Å². The van der Waals surface area contributed by atoms with E-state index in [1.807, 2.05) is 5.38 Å². The maximum Gasteiger partial charge on any atom is 0.387 e. The van der Waals surface area contributed by atoms with Crippen molar-refractivity contribution in [3.63, 3.8) is 0 Å². The number of guanidine groups is 1. The maximum absolute atomic E-state index is 12.8. The second-order valence-electron chi connectivity index (χ2n) is 5.42. The molecule has 0 aliphatic rings. The van der Waals surface area contributed by atoms with Gasteiger partial charge in [-0.15, -0.1) is 11.3 Å². The Morgan fingerprint density at radius 1 is 1.26 bits per heavy atom. The van der Waals surface area contributed by atoms with Gasteiger partial charge >= 0.3 is 6.61 Å². The van der Waals surface area contributed by atoms with E-state index < -0.39 is 6.61 Å². The number of benzene rings is 1. The lowest BCUT2D eigenvalue weighted by molar-refractivity contribution is -0.0520. The van der Waals surface area contributed by atoms with Crippen LogP contribution in [0.5, 0.6) is 11.5 Å². The highest BCUT2D eigenvalue weighted by atomic mass is 32.1. The van der Waals surface area contributed by atoms with Crippen molar-refractivity contribution >= 4 is 17.3 Å². The number of nitrogens with one attached hydrogen (secondary N) is 2. The monoisotopic (exact) mass is 398 g/mol. The maximum atomic E-state index is 12.8. The Balaban J connectivity index is 2.01. The van der Waals surface area contributed by atoms with Crippen LogP contribution in [0.3, 0.4) is 0 Å². The van der Waals surface area contributed by atoms with Gasteiger partial charge in [0.15, 0.2) is 17.5 Å². The molecule has 0 amide bonds. The molecule has 0 radical (unpaired) electrons. The van der Waals surface area contributed by atoms with E-state index in [-0.39, 0.29) is 18.0 Å². The first-order valence-corrected chi connectivity index (χ1v) is 9.52. The van der Waals surface area contributed by atoms with Crippen molar-refractivity contribution in [2.45, 2.75) is 40.0 Å². The molecule has 1 heterocycles. The van der Waals surface area contributed by atoms with Gasteiger partial charge in [0.2, 0.25) is 0 Å². The number of aryl methyl sites for hydroxylation is 1. The molecular weight excluding hydrogens is 374 g/mol. The number of halogens is 2. The number of alkyl halides is 2. The van der Waals surface area contributed by atoms with Crippen LogP contribution in [0.15, 0.2) is 28.6 Å². The number of para-hydroxylation sites is 1. The molecule has 0 saturated heterocycles. The average Bonchev–Trinajstić information content (AvgIpc) is 3.12. The highest BCUT2D eigenvalue weighted by molar-refractivity contribution is 7.09. The second-order valence-corrected chi connectivity index (χ2v) is 6.36. The number of rotatable bonds is 9. The smallest absolute Gasteiger partial charge is 0.387 e. The summed E-state index contributed by atoms with van der Waals surface area (Å²) in [5.74, 6) is 0.852. The summed E-state index contributed by atoms with van der Waals surface area (Å²) in [4.78, 5) is 8.63. The molecule has 2 rings (SSSR count). The van der Waals surface area contributed by atoms with Crippen molar-refractivity contribution in [1.82, 2.24) is 15.6 Å². The number of ether oxygens (including phenoxy) is 2. The molecule has 148 valence electrons. The van der Waals surface area contributed by atoms with Gasteiger partial charge < -0.3 is 20.1 Å². The van der Waals surface area contributed by atoms with Crippen molar-refractivity contribution < 1.29 is 18.3 Å². The van der Waals surface area contributed by atoms with Crippen LogP contribution in [0.1, 0.15) is 30.1 Å². The van der Waals surface area contributed by atoms with Gasteiger partial charge in [-0.05, 0) is 19.4 Å². The summed E-state index contributed by atoms with van der Waals surface area (Å²) in [7, 11) is 1.64. The van der Waals surface area contributed by atoms with Crippen LogP contribution in [0, 0.1) is 0 Å². The summed E-state index contributed by atoms with van der Waals surface area (Å²) in [6.45, 7) is 2.04. The molecule has 0 bridgehead atoms. The van der Waals surface area contributed by atoms with Gasteiger partial charge in [0.05, 0.1) is 23.9 Å². The van der Waals surface area contributed by atoms with Crippen LogP contribution in [-0.4, -0.2) is 31.2 Å². The molecule has 0 aliphatic carbocycles. The van der Waals surface area contributed by atoms with Crippen LogP contribution in [-0.2, 0) is 19.5 Å². The van der Waals surface area contributed by atoms with Crippen molar-refractivity contribution in [2.24, 2.45) is 4.99 Å². The van der Waals surface area contributed by atoms with Crippen LogP contribution >= 0.6 is 11.3 Å². The molecule has 0 fully saturated rings. The number of hydrogen-bond donors (Lipinski definition) is 2. The normalized spacial score (nSPS) is 11.6. The Morgan fingerprint density at radius 2 is 2.04 bits per heavy atom. The summed E-state index contributed by atoms with van der Waals surface area (Å²) in [5, 5.41) is 9.33. The molecule has 0 spiro atoms. The minimum absolute atomic E-state index is 0.0318. The van der Waals surface area contributed by atoms with E-state index in [0.29, 0.717) is 24.7 Å². The molecule has 0 saturated carbocycles. The van der Waals surface area contributed by atoms with Crippen molar-refractivity contribution in [3.05, 3.63) is 39.8 Å². The zero-order valence-corrected chi connectivity index (χ0v) is 16.4. The van der Waals surface area contributed by atoms with E-state index in [9.17, 15) is 8.78 Å². The summed E-state index contributed by atoms with van der Waals surface area (Å²) in [5.41, 5.74) is 1.48. The van der Waals surface area contributed by atoms with Gasteiger partial charge in [-0.25, -0.2) is 4.98 Å². The minimum atomic E-state index is -2.93. The van der Waals surface area contributed by atoms with E-state index in [1.165, 1.54) is 0 Å². The number of hydrogen-bond acceptors (Lipinski definition) is 5. The predicted molar refractivity (Wildman–Crippen MR) is 103 cm³/mol. The molecule has 1 aromatic heterocycles. The van der Waals surface area contributed by atoms with Crippen LogP contribution in [0.2, 0.25) is 0 Å². The lowest BCUT2D eigenvalue weighted by atomic mass is 10.2. The molecule has 0 unspecified atom stereocenters. The highest BCUT2D eigenvalue weighted by Gasteiger charge is 2.16. The van der Waals surface area contributed by atoms with Gasteiger partial charge in [-0.1, -0.05) is 19.1 Å². The Hall–Kier alpha value is -2.42. The molecule has 9 heteroatoms. The Bertz CT molecular complexity index is 753. The number of thiazole rings is 1. The van der Waals surface area contributed by atoms with Crippen LogP contribution in [0.4, 0.5) is 8.78 Å². The fourth-order valence-electron chi connectivity index (χ4n) is 2.36. The van der Waals surface area contributed by atoms with Gasteiger partial charge in [0.25, 0.3) is 0 Å². The third-order valence-corrected chi connectivity index (χ3v) is 4.62. The quantitative estimate of drug-likeness (QED) is 0.499. The number of nitrogens with zero attached hydrogens (tertiary/aromatic N) is 2. The van der Waals surface area contributed by atoms with Gasteiger partial charge in [-0.2, -0.15) is 8.78 Å². The summed E-state index contributed by atoms with van der Waals surface area (Å²) < 4.78 is 35.6. The van der Waals surface area contributed by atoms with Crippen molar-refractivity contribution in [3.8, 4) is 11.5 Å². The fraction of sp³-hybridized carbons (Fsp3) is 0.444. The standard InChI is InChI=1S/C18H24F2N4O2S/c1-4-15-24-13(11-27-15)10-23-18(21-3)22-9-12-7-6-8-14(25-5-2)16(12)26-17(19)20/h6-8,11,17H,4-5,9-10H2,1-3H3,(H2,21,22,23). The molecular formula is C18H24F2N4O2S. The van der Waals surface area contributed by atoms with E-state index in [4.69, 9.17) is 4.74 Å². The molecule has 6 nitrogen and oxygen atoms in total. The van der Waals surface area contributed by atoms with Crippen molar-refractivity contribution in [2.75, 3.05) is 13.7 Å². The van der Waals surface area contributed by atoms with E-state index >= 15 is 0 Å². The Labute approximate surface area is 161 Å². The van der Waals surface area contributed by atoms with E-state index in [0.717, 1.165) is 17.1 Å². The van der Waals surface area contributed by atoms with Crippen LogP contribution in [0.25, 0.3) is 0 Å². The lowest BCUT2D eigenvalue weighted by Gasteiger charge is -2.17. The third kappa shape index (κ3) is 6.35. The Kier molecular flexibility index (Phi) is 8.25. The third-order valence-electron chi connectivity index (χ3n) is 3.58. The largest absolute Gasteiger partial charge is 0.490 e. The molecule has 0 aliphatic heterocycles. The average molecular weight is 398 g/mol. The first-order chi connectivity index (χ1) is 13.1. The minimum Gasteiger partial charge on any atom is -0.490 e. The summed E-state index contributed by atoms with van der Waals surface area (Å²) >= 11 is 1.62. The molecule has 2 N–H and O–H groups in total. The zero-order valence-electron chi connectivity index (χ0n) is 15.6. The van der Waals surface area contributed by atoms with E-state index in [2.05, 4.69) is 32.3 Å². The van der Waals surface area contributed by atoms with Gasteiger partial charge in [0, 0.05) is 24.5 Å². The highest BCUT2D eigenvalue weighted by Crippen LogP contribution is 2.32. The number of aliphatic imine (C=N–C) groups is 1. The van der Waals surface area contributed by atoms with Crippen LogP contribution < -0.4 is 20.1 Å². The second kappa shape index (κ2) is 10.7.